The lowest BCUT2D eigenvalue weighted by molar-refractivity contribution is 0.0916. The molecule has 5 nitrogen and oxygen atoms in total. The number of carbonyl (C=O) groups is 1. The number of hydrogen-bond donors (Lipinski definition) is 1. The van der Waals surface area contributed by atoms with Gasteiger partial charge in [-0.3, -0.25) is 4.79 Å². The molecule has 2 rings (SSSR count). The van der Waals surface area contributed by atoms with Crippen LogP contribution in [0, 0.1) is 11.3 Å². The number of pyridine rings is 1. The van der Waals surface area contributed by atoms with Gasteiger partial charge in [0, 0.05) is 12.2 Å². The number of piperidine rings is 1. The smallest absolute Gasteiger partial charge is 0.253 e. The van der Waals surface area contributed by atoms with Gasteiger partial charge in [-0.2, -0.15) is 5.26 Å². The van der Waals surface area contributed by atoms with Crippen LogP contribution in [-0.4, -0.2) is 42.0 Å². The fourth-order valence-corrected chi connectivity index (χ4v) is 2.02. The van der Waals surface area contributed by atoms with Gasteiger partial charge in [0.15, 0.2) is 0 Å². The van der Waals surface area contributed by atoms with Gasteiger partial charge in [-0.25, -0.2) is 4.98 Å². The molecule has 0 spiro atoms. The molecule has 1 aliphatic heterocycles. The Morgan fingerprint density at radius 3 is 2.78 bits per heavy atom. The highest BCUT2D eigenvalue weighted by Crippen LogP contribution is 2.09. The minimum atomic E-state index is -0.110. The van der Waals surface area contributed by atoms with E-state index in [-0.39, 0.29) is 11.9 Å². The van der Waals surface area contributed by atoms with E-state index in [4.69, 9.17) is 5.26 Å². The summed E-state index contributed by atoms with van der Waals surface area (Å²) in [6.45, 7) is 2.02. The van der Waals surface area contributed by atoms with Crippen LogP contribution in [0.5, 0.6) is 0 Å². The van der Waals surface area contributed by atoms with Crippen LogP contribution >= 0.6 is 0 Å². The van der Waals surface area contributed by atoms with Crippen molar-refractivity contribution in [3.63, 3.8) is 0 Å². The minimum absolute atomic E-state index is 0.110. The molecule has 0 bridgehead atoms. The molecule has 5 heteroatoms. The lowest BCUT2D eigenvalue weighted by Gasteiger charge is -2.29. The van der Waals surface area contributed by atoms with Crippen molar-refractivity contribution in [1.29, 1.82) is 5.26 Å². The maximum atomic E-state index is 11.9. The lowest BCUT2D eigenvalue weighted by Crippen LogP contribution is -2.43. The molecule has 1 aromatic rings. The molecule has 0 unspecified atom stereocenters. The average molecular weight is 244 g/mol. The molecule has 18 heavy (non-hydrogen) atoms. The molecule has 0 radical (unpaired) electrons. The molecule has 0 saturated carbocycles. The molecule has 1 fully saturated rings. The maximum absolute atomic E-state index is 11.9. The number of carbonyl (C=O) groups excluding carboxylic acids is 1. The van der Waals surface area contributed by atoms with Crippen LogP contribution in [0.1, 0.15) is 28.9 Å². The van der Waals surface area contributed by atoms with E-state index in [1.54, 1.807) is 12.1 Å². The molecule has 94 valence electrons. The summed E-state index contributed by atoms with van der Waals surface area (Å²) in [4.78, 5) is 18.1. The van der Waals surface area contributed by atoms with Crippen LogP contribution in [0.4, 0.5) is 0 Å². The van der Waals surface area contributed by atoms with Crippen LogP contribution in [0.3, 0.4) is 0 Å². The first-order chi connectivity index (χ1) is 8.69. The van der Waals surface area contributed by atoms with Gasteiger partial charge in [0.1, 0.15) is 11.8 Å². The summed E-state index contributed by atoms with van der Waals surface area (Å²) < 4.78 is 0. The highest BCUT2D eigenvalue weighted by molar-refractivity contribution is 5.94. The molecule has 1 amide bonds. The van der Waals surface area contributed by atoms with Crippen molar-refractivity contribution < 1.29 is 4.79 Å². The van der Waals surface area contributed by atoms with Gasteiger partial charge in [-0.1, -0.05) is 0 Å². The van der Waals surface area contributed by atoms with Crippen LogP contribution in [0.25, 0.3) is 0 Å². The Labute approximate surface area is 106 Å². The first kappa shape index (κ1) is 12.5. The Hall–Kier alpha value is -1.93. The highest BCUT2D eigenvalue weighted by atomic mass is 16.1. The monoisotopic (exact) mass is 244 g/mol. The van der Waals surface area contributed by atoms with Crippen molar-refractivity contribution in [2.24, 2.45) is 0 Å². The first-order valence-corrected chi connectivity index (χ1v) is 6.04. The second kappa shape index (κ2) is 5.61. The van der Waals surface area contributed by atoms with Crippen molar-refractivity contribution in [3.8, 4) is 6.07 Å². The van der Waals surface area contributed by atoms with Crippen LogP contribution in [-0.2, 0) is 0 Å². The molecule has 0 aromatic carbocycles. The Kier molecular flexibility index (Phi) is 3.90. The summed E-state index contributed by atoms with van der Waals surface area (Å²) in [6, 6.07) is 5.36. The predicted octanol–water partition coefficient (Wildman–Crippen LogP) is 0.777. The number of nitrogens with zero attached hydrogens (tertiary/aromatic N) is 3. The summed E-state index contributed by atoms with van der Waals surface area (Å²) in [6.07, 6.45) is 3.40. The van der Waals surface area contributed by atoms with Crippen molar-refractivity contribution >= 4 is 5.91 Å². The second-order valence-corrected chi connectivity index (χ2v) is 4.59. The SMILES string of the molecule is CN1CCC(NC(=O)c2ccc(C#N)nc2)CC1. The van der Waals surface area contributed by atoms with E-state index >= 15 is 0 Å². The van der Waals surface area contributed by atoms with E-state index in [0.29, 0.717) is 11.3 Å². The zero-order chi connectivity index (χ0) is 13.0. The Morgan fingerprint density at radius 2 is 2.22 bits per heavy atom. The van der Waals surface area contributed by atoms with Crippen LogP contribution < -0.4 is 5.32 Å². The van der Waals surface area contributed by atoms with E-state index in [0.717, 1.165) is 25.9 Å². The highest BCUT2D eigenvalue weighted by Gasteiger charge is 2.19. The summed E-state index contributed by atoms with van der Waals surface area (Å²) in [7, 11) is 2.09. The number of likely N-dealkylation sites (tertiary alicyclic amines) is 1. The number of aromatic nitrogens is 1. The molecule has 0 aliphatic carbocycles. The standard InChI is InChI=1S/C13H16N4O/c1-17-6-4-11(5-7-17)16-13(18)10-2-3-12(8-14)15-9-10/h2-3,9,11H,4-7H2,1H3,(H,16,18). The van der Waals surface area contributed by atoms with Crippen molar-refractivity contribution in [2.45, 2.75) is 18.9 Å². The Bertz CT molecular complexity index is 455. The third-order valence-corrected chi connectivity index (χ3v) is 3.19. The Balaban J connectivity index is 1.93. The third kappa shape index (κ3) is 3.05. The van der Waals surface area contributed by atoms with Gasteiger partial charge in [0.2, 0.25) is 0 Å². The largest absolute Gasteiger partial charge is 0.349 e. The lowest BCUT2D eigenvalue weighted by atomic mass is 10.1. The molecular formula is C13H16N4O. The number of rotatable bonds is 2. The van der Waals surface area contributed by atoms with Gasteiger partial charge >= 0.3 is 0 Å². The molecule has 1 aromatic heterocycles. The third-order valence-electron chi connectivity index (χ3n) is 3.19. The fourth-order valence-electron chi connectivity index (χ4n) is 2.02. The van der Waals surface area contributed by atoms with Gasteiger partial charge in [0.25, 0.3) is 5.91 Å². The van der Waals surface area contributed by atoms with Gasteiger partial charge in [0.05, 0.1) is 5.56 Å². The number of nitrogens with one attached hydrogen (secondary N) is 1. The second-order valence-electron chi connectivity index (χ2n) is 4.59. The van der Waals surface area contributed by atoms with E-state index in [2.05, 4.69) is 22.2 Å². The van der Waals surface area contributed by atoms with Crippen LogP contribution in [0.2, 0.25) is 0 Å². The van der Waals surface area contributed by atoms with Gasteiger partial charge in [-0.15, -0.1) is 0 Å². The average Bonchev–Trinajstić information content (AvgIpc) is 2.41. The first-order valence-electron chi connectivity index (χ1n) is 6.04. The molecule has 1 aliphatic rings. The normalized spacial score (nSPS) is 17.1. The van der Waals surface area contributed by atoms with Gasteiger partial charge in [-0.05, 0) is 45.1 Å². The zero-order valence-corrected chi connectivity index (χ0v) is 10.4. The molecule has 1 N–H and O–H groups in total. The molecule has 0 atom stereocenters. The summed E-state index contributed by atoms with van der Waals surface area (Å²) in [5, 5.41) is 11.6. The number of nitriles is 1. The number of hydrogen-bond acceptors (Lipinski definition) is 4. The topological polar surface area (TPSA) is 69.0 Å². The summed E-state index contributed by atoms with van der Waals surface area (Å²) in [5.74, 6) is -0.110. The van der Waals surface area contributed by atoms with Crippen molar-refractivity contribution in [3.05, 3.63) is 29.6 Å². The fraction of sp³-hybridized carbons (Fsp3) is 0.462. The van der Waals surface area contributed by atoms with Crippen molar-refractivity contribution in [2.75, 3.05) is 20.1 Å². The van der Waals surface area contributed by atoms with E-state index in [1.165, 1.54) is 6.20 Å². The zero-order valence-electron chi connectivity index (χ0n) is 10.4. The maximum Gasteiger partial charge on any atom is 0.253 e. The summed E-state index contributed by atoms with van der Waals surface area (Å²) >= 11 is 0. The molecule has 2 heterocycles. The quantitative estimate of drug-likeness (QED) is 0.834. The van der Waals surface area contributed by atoms with E-state index < -0.39 is 0 Å². The van der Waals surface area contributed by atoms with Gasteiger partial charge < -0.3 is 10.2 Å². The molecular weight excluding hydrogens is 228 g/mol. The number of amides is 1. The van der Waals surface area contributed by atoms with Crippen molar-refractivity contribution in [1.82, 2.24) is 15.2 Å². The van der Waals surface area contributed by atoms with E-state index in [9.17, 15) is 4.79 Å². The predicted molar refractivity (Wildman–Crippen MR) is 66.9 cm³/mol. The van der Waals surface area contributed by atoms with Crippen LogP contribution in [0.15, 0.2) is 18.3 Å². The van der Waals surface area contributed by atoms with E-state index in [1.807, 2.05) is 6.07 Å². The Morgan fingerprint density at radius 1 is 1.50 bits per heavy atom. The summed E-state index contributed by atoms with van der Waals surface area (Å²) in [5.41, 5.74) is 0.832. The minimum Gasteiger partial charge on any atom is -0.349 e. The molecule has 1 saturated heterocycles.